The number of hydrogen-bond acceptors (Lipinski definition) is 4. The predicted molar refractivity (Wildman–Crippen MR) is 98.0 cm³/mol. The van der Waals surface area contributed by atoms with Gasteiger partial charge in [-0.15, -0.1) is 11.8 Å². The number of aromatic carboxylic acids is 1. The number of rotatable bonds is 6. The van der Waals surface area contributed by atoms with Crippen LogP contribution < -0.4 is 0 Å². The molecular formula is C16H16BrNO4S2. The molecule has 0 spiro atoms. The van der Waals surface area contributed by atoms with Crippen molar-refractivity contribution in [2.45, 2.75) is 15.5 Å². The number of halogens is 1. The number of thioether (sulfide) groups is 1. The molecule has 0 amide bonds. The van der Waals surface area contributed by atoms with Gasteiger partial charge in [-0.05, 0) is 35.9 Å². The number of benzene rings is 2. The largest absolute Gasteiger partial charge is 0.478 e. The first-order chi connectivity index (χ1) is 11.2. The molecule has 2 rings (SSSR count). The van der Waals surface area contributed by atoms with Gasteiger partial charge in [-0.2, -0.15) is 0 Å². The lowest BCUT2D eigenvalue weighted by Crippen LogP contribution is -2.22. The van der Waals surface area contributed by atoms with Gasteiger partial charge in [0.25, 0.3) is 0 Å². The molecule has 24 heavy (non-hydrogen) atoms. The van der Waals surface area contributed by atoms with Crippen LogP contribution in [0.25, 0.3) is 0 Å². The molecule has 8 heteroatoms. The van der Waals surface area contributed by atoms with Crippen LogP contribution in [0.4, 0.5) is 0 Å². The summed E-state index contributed by atoms with van der Waals surface area (Å²) in [4.78, 5) is 11.9. The first kappa shape index (κ1) is 19.0. The standard InChI is InChI=1S/C16H16BrNO4S2/c1-18(2)24(21,22)15-8-12(16(19)20)7-14(9-15)23-10-11-4-3-5-13(17)6-11/h3-9H,10H2,1-2H3,(H,19,20). The first-order valence-electron chi connectivity index (χ1n) is 6.88. The minimum absolute atomic E-state index is 0.0239. The summed E-state index contributed by atoms with van der Waals surface area (Å²) in [5.41, 5.74) is 1.00. The van der Waals surface area contributed by atoms with Crippen LogP contribution in [0.1, 0.15) is 15.9 Å². The Morgan fingerprint density at radius 2 is 1.92 bits per heavy atom. The Balaban J connectivity index is 2.35. The van der Waals surface area contributed by atoms with Crippen LogP contribution >= 0.6 is 27.7 Å². The van der Waals surface area contributed by atoms with Crippen molar-refractivity contribution in [1.82, 2.24) is 4.31 Å². The monoisotopic (exact) mass is 429 g/mol. The third-order valence-electron chi connectivity index (χ3n) is 3.20. The normalized spacial score (nSPS) is 11.7. The van der Waals surface area contributed by atoms with Crippen molar-refractivity contribution in [3.05, 3.63) is 58.1 Å². The fraction of sp³-hybridized carbons (Fsp3) is 0.188. The lowest BCUT2D eigenvalue weighted by Gasteiger charge is -2.13. The van der Waals surface area contributed by atoms with Crippen molar-refractivity contribution in [1.29, 1.82) is 0 Å². The number of carbonyl (C=O) groups is 1. The molecule has 128 valence electrons. The Kier molecular flexibility index (Phi) is 6.08. The van der Waals surface area contributed by atoms with Gasteiger partial charge in [0.05, 0.1) is 10.5 Å². The lowest BCUT2D eigenvalue weighted by molar-refractivity contribution is 0.0696. The maximum absolute atomic E-state index is 12.3. The van der Waals surface area contributed by atoms with Gasteiger partial charge < -0.3 is 5.11 Å². The van der Waals surface area contributed by atoms with E-state index in [0.29, 0.717) is 10.6 Å². The zero-order valence-electron chi connectivity index (χ0n) is 13.1. The molecule has 1 N–H and O–H groups in total. The number of hydrogen-bond donors (Lipinski definition) is 1. The van der Waals surface area contributed by atoms with Gasteiger partial charge in [-0.1, -0.05) is 28.1 Å². The first-order valence-corrected chi connectivity index (χ1v) is 10.1. The molecule has 0 atom stereocenters. The van der Waals surface area contributed by atoms with Crippen molar-refractivity contribution >= 4 is 43.7 Å². The molecule has 0 radical (unpaired) electrons. The summed E-state index contributed by atoms with van der Waals surface area (Å²) in [5, 5.41) is 9.24. The van der Waals surface area contributed by atoms with E-state index in [1.807, 2.05) is 24.3 Å². The van der Waals surface area contributed by atoms with Crippen molar-refractivity contribution in [3.63, 3.8) is 0 Å². The quantitative estimate of drug-likeness (QED) is 0.708. The molecule has 0 fully saturated rings. The second-order valence-electron chi connectivity index (χ2n) is 5.20. The highest BCUT2D eigenvalue weighted by molar-refractivity contribution is 9.10. The van der Waals surface area contributed by atoms with Gasteiger partial charge in [0.1, 0.15) is 0 Å². The van der Waals surface area contributed by atoms with Crippen molar-refractivity contribution in [2.24, 2.45) is 0 Å². The SMILES string of the molecule is CN(C)S(=O)(=O)c1cc(SCc2cccc(Br)c2)cc(C(=O)O)c1. The molecule has 0 unspecified atom stereocenters. The highest BCUT2D eigenvalue weighted by Crippen LogP contribution is 2.28. The Morgan fingerprint density at radius 3 is 2.50 bits per heavy atom. The Morgan fingerprint density at radius 1 is 1.21 bits per heavy atom. The van der Waals surface area contributed by atoms with E-state index >= 15 is 0 Å². The topological polar surface area (TPSA) is 74.7 Å². The molecule has 0 aliphatic heterocycles. The van der Waals surface area contributed by atoms with E-state index in [-0.39, 0.29) is 10.5 Å². The van der Waals surface area contributed by atoms with Gasteiger partial charge in [0.15, 0.2) is 0 Å². The number of carboxylic acid groups (broad SMARTS) is 1. The summed E-state index contributed by atoms with van der Waals surface area (Å²) >= 11 is 4.79. The third-order valence-corrected chi connectivity index (χ3v) is 6.53. The molecule has 0 aliphatic carbocycles. The summed E-state index contributed by atoms with van der Waals surface area (Å²) in [6.45, 7) is 0. The number of carboxylic acids is 1. The molecule has 0 aromatic heterocycles. The van der Waals surface area contributed by atoms with Crippen LogP contribution in [0, 0.1) is 0 Å². The average Bonchev–Trinajstić information content (AvgIpc) is 2.52. The van der Waals surface area contributed by atoms with E-state index < -0.39 is 16.0 Å². The van der Waals surface area contributed by atoms with E-state index in [1.54, 1.807) is 0 Å². The van der Waals surface area contributed by atoms with Gasteiger partial charge >= 0.3 is 5.97 Å². The van der Waals surface area contributed by atoms with Gasteiger partial charge in [-0.25, -0.2) is 17.5 Å². The van der Waals surface area contributed by atoms with Crippen LogP contribution in [0.3, 0.4) is 0 Å². The summed E-state index contributed by atoms with van der Waals surface area (Å²) in [6.07, 6.45) is 0. The maximum Gasteiger partial charge on any atom is 0.335 e. The maximum atomic E-state index is 12.3. The van der Waals surface area contributed by atoms with Crippen LogP contribution in [0.15, 0.2) is 56.7 Å². The fourth-order valence-corrected chi connectivity index (χ4v) is 4.36. The van der Waals surface area contributed by atoms with Crippen LogP contribution in [-0.2, 0) is 15.8 Å². The van der Waals surface area contributed by atoms with Crippen LogP contribution in [0.2, 0.25) is 0 Å². The van der Waals surface area contributed by atoms with E-state index in [0.717, 1.165) is 14.3 Å². The van der Waals surface area contributed by atoms with E-state index in [4.69, 9.17) is 0 Å². The highest BCUT2D eigenvalue weighted by Gasteiger charge is 2.20. The Hall–Kier alpha value is -1.35. The summed E-state index contributed by atoms with van der Waals surface area (Å²) in [6, 6.07) is 11.9. The predicted octanol–water partition coefficient (Wildman–Crippen LogP) is 3.69. The minimum Gasteiger partial charge on any atom is -0.478 e. The molecular weight excluding hydrogens is 414 g/mol. The second kappa shape index (κ2) is 7.69. The van der Waals surface area contributed by atoms with Gasteiger partial charge in [-0.3, -0.25) is 0 Å². The number of nitrogens with zero attached hydrogens (tertiary/aromatic N) is 1. The minimum atomic E-state index is -3.70. The zero-order chi connectivity index (χ0) is 17.9. The smallest absolute Gasteiger partial charge is 0.335 e. The summed E-state index contributed by atoms with van der Waals surface area (Å²) < 4.78 is 26.6. The van der Waals surface area contributed by atoms with Crippen molar-refractivity contribution in [3.8, 4) is 0 Å². The molecule has 0 bridgehead atoms. The summed E-state index contributed by atoms with van der Waals surface area (Å²) in [7, 11) is -0.868. The Bertz CT molecular complexity index is 866. The molecule has 2 aromatic carbocycles. The molecule has 0 heterocycles. The molecule has 0 saturated carbocycles. The second-order valence-corrected chi connectivity index (χ2v) is 9.32. The van der Waals surface area contributed by atoms with Crippen LogP contribution in [-0.4, -0.2) is 37.9 Å². The number of sulfonamides is 1. The Labute approximate surface area is 153 Å². The average molecular weight is 430 g/mol. The molecule has 0 aliphatic rings. The van der Waals surface area contributed by atoms with Crippen LogP contribution in [0.5, 0.6) is 0 Å². The molecule has 0 saturated heterocycles. The summed E-state index contributed by atoms with van der Waals surface area (Å²) in [5.74, 6) is -0.556. The van der Waals surface area contributed by atoms with Gasteiger partial charge in [0, 0.05) is 29.2 Å². The fourth-order valence-electron chi connectivity index (χ4n) is 1.93. The lowest BCUT2D eigenvalue weighted by atomic mass is 10.2. The van der Waals surface area contributed by atoms with Crippen molar-refractivity contribution < 1.29 is 18.3 Å². The van der Waals surface area contributed by atoms with E-state index in [1.165, 1.54) is 44.1 Å². The van der Waals surface area contributed by atoms with E-state index in [9.17, 15) is 18.3 Å². The zero-order valence-corrected chi connectivity index (χ0v) is 16.3. The molecule has 5 nitrogen and oxygen atoms in total. The highest BCUT2D eigenvalue weighted by atomic mass is 79.9. The van der Waals surface area contributed by atoms with E-state index in [2.05, 4.69) is 15.9 Å². The molecule has 2 aromatic rings. The van der Waals surface area contributed by atoms with Crippen molar-refractivity contribution in [2.75, 3.05) is 14.1 Å². The third kappa shape index (κ3) is 4.60. The van der Waals surface area contributed by atoms with Gasteiger partial charge in [0.2, 0.25) is 10.0 Å².